The summed E-state index contributed by atoms with van der Waals surface area (Å²) in [6, 6.07) is 4.01. The standard InChI is InChI=1S/C13H19N3O3S/c1-4-9(8-20-3)15(2)13(17)11-7-10(16(18)19)5-6-12(11)14/h5-7,9H,4,8,14H2,1-3H3. The highest BCUT2D eigenvalue weighted by Crippen LogP contribution is 2.22. The van der Waals surface area contributed by atoms with Gasteiger partial charge in [-0.05, 0) is 18.7 Å². The Labute approximate surface area is 122 Å². The summed E-state index contributed by atoms with van der Waals surface area (Å²) in [4.78, 5) is 24.3. The summed E-state index contributed by atoms with van der Waals surface area (Å²) >= 11 is 1.65. The molecule has 0 saturated heterocycles. The normalized spacial score (nSPS) is 11.9. The highest BCUT2D eigenvalue weighted by atomic mass is 32.2. The lowest BCUT2D eigenvalue weighted by molar-refractivity contribution is -0.384. The summed E-state index contributed by atoms with van der Waals surface area (Å²) < 4.78 is 0. The van der Waals surface area contributed by atoms with Gasteiger partial charge in [0, 0.05) is 36.7 Å². The second-order valence-corrected chi connectivity index (χ2v) is 5.37. The van der Waals surface area contributed by atoms with Crippen LogP contribution in [0.15, 0.2) is 18.2 Å². The molecule has 1 atom stereocenters. The zero-order valence-electron chi connectivity index (χ0n) is 11.8. The van der Waals surface area contributed by atoms with E-state index in [0.29, 0.717) is 0 Å². The van der Waals surface area contributed by atoms with Gasteiger partial charge in [0.05, 0.1) is 10.5 Å². The maximum absolute atomic E-state index is 12.4. The third-order valence-corrected chi connectivity index (χ3v) is 3.89. The second-order valence-electron chi connectivity index (χ2n) is 4.46. The molecule has 0 aromatic heterocycles. The minimum absolute atomic E-state index is 0.0798. The molecule has 1 unspecified atom stereocenters. The van der Waals surface area contributed by atoms with Crippen molar-refractivity contribution in [1.82, 2.24) is 4.90 Å². The molecule has 0 heterocycles. The van der Waals surface area contributed by atoms with Crippen LogP contribution in [0.3, 0.4) is 0 Å². The van der Waals surface area contributed by atoms with Gasteiger partial charge < -0.3 is 10.6 Å². The first-order valence-electron chi connectivity index (χ1n) is 6.22. The van der Waals surface area contributed by atoms with Crippen molar-refractivity contribution in [1.29, 1.82) is 0 Å². The molecule has 110 valence electrons. The molecule has 0 saturated carbocycles. The third kappa shape index (κ3) is 3.63. The van der Waals surface area contributed by atoms with Crippen molar-refractivity contribution in [2.24, 2.45) is 0 Å². The van der Waals surface area contributed by atoms with E-state index in [0.717, 1.165) is 12.2 Å². The predicted molar refractivity (Wildman–Crippen MR) is 82.1 cm³/mol. The number of nitrogen functional groups attached to an aromatic ring is 1. The number of hydrogen-bond acceptors (Lipinski definition) is 5. The molecule has 1 amide bonds. The Morgan fingerprint density at radius 2 is 2.20 bits per heavy atom. The number of anilines is 1. The number of nitro benzene ring substituents is 1. The number of nitrogens with two attached hydrogens (primary N) is 1. The maximum Gasteiger partial charge on any atom is 0.270 e. The summed E-state index contributed by atoms with van der Waals surface area (Å²) in [6.07, 6.45) is 2.79. The molecule has 20 heavy (non-hydrogen) atoms. The second kappa shape index (κ2) is 7.14. The number of nitro groups is 1. The number of thioether (sulfide) groups is 1. The first-order valence-corrected chi connectivity index (χ1v) is 7.61. The van der Waals surface area contributed by atoms with Crippen LogP contribution < -0.4 is 5.73 Å². The average molecular weight is 297 g/mol. The smallest absolute Gasteiger partial charge is 0.270 e. The highest BCUT2D eigenvalue weighted by Gasteiger charge is 2.23. The number of carbonyl (C=O) groups is 1. The Bertz CT molecular complexity index is 508. The topological polar surface area (TPSA) is 89.5 Å². The van der Waals surface area contributed by atoms with Gasteiger partial charge in [0.1, 0.15) is 0 Å². The van der Waals surface area contributed by atoms with E-state index in [-0.39, 0.29) is 28.9 Å². The van der Waals surface area contributed by atoms with E-state index in [1.165, 1.54) is 18.2 Å². The van der Waals surface area contributed by atoms with Crippen LogP contribution in [0.2, 0.25) is 0 Å². The van der Waals surface area contributed by atoms with Crippen LogP contribution in [0.25, 0.3) is 0 Å². The first-order chi connectivity index (χ1) is 9.42. The number of benzene rings is 1. The van der Waals surface area contributed by atoms with Crippen LogP contribution in [-0.2, 0) is 0 Å². The molecule has 0 spiro atoms. The average Bonchev–Trinajstić information content (AvgIpc) is 2.43. The van der Waals surface area contributed by atoms with Crippen molar-refractivity contribution in [3.8, 4) is 0 Å². The molecule has 6 nitrogen and oxygen atoms in total. The summed E-state index contributed by atoms with van der Waals surface area (Å²) in [6.45, 7) is 2.00. The minimum Gasteiger partial charge on any atom is -0.398 e. The molecule has 1 rings (SSSR count). The lowest BCUT2D eigenvalue weighted by atomic mass is 10.1. The SMILES string of the molecule is CCC(CSC)N(C)C(=O)c1cc([N+](=O)[O-])ccc1N. The fraction of sp³-hybridized carbons (Fsp3) is 0.462. The van der Waals surface area contributed by atoms with E-state index in [1.54, 1.807) is 23.7 Å². The van der Waals surface area contributed by atoms with Crippen molar-refractivity contribution < 1.29 is 9.72 Å². The molecule has 1 aromatic rings. The van der Waals surface area contributed by atoms with Crippen LogP contribution in [0.1, 0.15) is 23.7 Å². The van der Waals surface area contributed by atoms with Crippen LogP contribution in [0, 0.1) is 10.1 Å². The van der Waals surface area contributed by atoms with Crippen molar-refractivity contribution in [2.75, 3.05) is 24.8 Å². The highest BCUT2D eigenvalue weighted by molar-refractivity contribution is 7.98. The Morgan fingerprint density at radius 1 is 1.55 bits per heavy atom. The van der Waals surface area contributed by atoms with Gasteiger partial charge >= 0.3 is 0 Å². The zero-order valence-corrected chi connectivity index (χ0v) is 12.6. The van der Waals surface area contributed by atoms with Gasteiger partial charge in [0.15, 0.2) is 0 Å². The fourth-order valence-electron chi connectivity index (χ4n) is 1.89. The lowest BCUT2D eigenvalue weighted by Crippen LogP contribution is -2.38. The first kappa shape index (κ1) is 16.3. The summed E-state index contributed by atoms with van der Waals surface area (Å²) in [5, 5.41) is 10.8. The van der Waals surface area contributed by atoms with E-state index in [1.807, 2.05) is 13.2 Å². The maximum atomic E-state index is 12.4. The molecule has 0 fully saturated rings. The molecule has 0 bridgehead atoms. The molecular formula is C13H19N3O3S. The van der Waals surface area contributed by atoms with E-state index < -0.39 is 4.92 Å². The monoisotopic (exact) mass is 297 g/mol. The zero-order chi connectivity index (χ0) is 15.3. The van der Waals surface area contributed by atoms with Crippen molar-refractivity contribution >= 4 is 29.0 Å². The van der Waals surface area contributed by atoms with Gasteiger partial charge in [-0.1, -0.05) is 6.92 Å². The van der Waals surface area contributed by atoms with Gasteiger partial charge in [-0.25, -0.2) is 0 Å². The van der Waals surface area contributed by atoms with Crippen molar-refractivity contribution in [3.05, 3.63) is 33.9 Å². The quantitative estimate of drug-likeness (QED) is 0.494. The van der Waals surface area contributed by atoms with Gasteiger partial charge in [0.25, 0.3) is 11.6 Å². The lowest BCUT2D eigenvalue weighted by Gasteiger charge is -2.27. The Morgan fingerprint density at radius 3 is 2.70 bits per heavy atom. The number of non-ortho nitro benzene ring substituents is 1. The molecule has 1 aromatic carbocycles. The van der Waals surface area contributed by atoms with Crippen LogP contribution in [0.5, 0.6) is 0 Å². The Balaban J connectivity index is 3.07. The van der Waals surface area contributed by atoms with Crippen LogP contribution >= 0.6 is 11.8 Å². The molecular weight excluding hydrogens is 278 g/mol. The largest absolute Gasteiger partial charge is 0.398 e. The van der Waals surface area contributed by atoms with Gasteiger partial charge in [-0.2, -0.15) is 11.8 Å². The van der Waals surface area contributed by atoms with E-state index >= 15 is 0 Å². The summed E-state index contributed by atoms with van der Waals surface area (Å²) in [7, 11) is 1.70. The van der Waals surface area contributed by atoms with Gasteiger partial charge in [-0.15, -0.1) is 0 Å². The molecule has 0 aliphatic rings. The summed E-state index contributed by atoms with van der Waals surface area (Å²) in [5.74, 6) is 0.528. The number of hydrogen-bond donors (Lipinski definition) is 1. The van der Waals surface area contributed by atoms with Crippen LogP contribution in [-0.4, -0.2) is 40.8 Å². The number of rotatable bonds is 6. The van der Waals surface area contributed by atoms with Crippen molar-refractivity contribution in [3.63, 3.8) is 0 Å². The molecule has 0 radical (unpaired) electrons. The van der Waals surface area contributed by atoms with E-state index in [2.05, 4.69) is 0 Å². The van der Waals surface area contributed by atoms with E-state index in [9.17, 15) is 14.9 Å². The number of amides is 1. The summed E-state index contributed by atoms with van der Waals surface area (Å²) in [5.41, 5.74) is 6.08. The van der Waals surface area contributed by atoms with Gasteiger partial charge in [-0.3, -0.25) is 14.9 Å². The Kier molecular flexibility index (Phi) is 5.82. The molecule has 0 aliphatic heterocycles. The molecule has 2 N–H and O–H groups in total. The fourth-order valence-corrected chi connectivity index (χ4v) is 2.74. The molecule has 7 heteroatoms. The number of nitrogens with zero attached hydrogens (tertiary/aromatic N) is 2. The minimum atomic E-state index is -0.532. The van der Waals surface area contributed by atoms with Gasteiger partial charge in [0.2, 0.25) is 0 Å². The van der Waals surface area contributed by atoms with E-state index in [4.69, 9.17) is 5.73 Å². The Hall–Kier alpha value is -1.76. The molecule has 0 aliphatic carbocycles. The van der Waals surface area contributed by atoms with Crippen molar-refractivity contribution in [2.45, 2.75) is 19.4 Å². The van der Waals surface area contributed by atoms with Crippen LogP contribution in [0.4, 0.5) is 11.4 Å². The predicted octanol–water partition coefficient (Wildman–Crippen LogP) is 2.39. The number of carbonyl (C=O) groups excluding carboxylic acids is 1. The third-order valence-electron chi connectivity index (χ3n) is 3.18.